The minimum Gasteiger partial charge on any atom is -0.390 e. The van der Waals surface area contributed by atoms with Crippen molar-refractivity contribution in [3.05, 3.63) is 35.9 Å². The van der Waals surface area contributed by atoms with Gasteiger partial charge in [0.05, 0.1) is 6.10 Å². The van der Waals surface area contributed by atoms with Crippen LogP contribution in [0.4, 0.5) is 0 Å². The van der Waals surface area contributed by atoms with Crippen molar-refractivity contribution in [2.45, 2.75) is 37.8 Å². The van der Waals surface area contributed by atoms with Gasteiger partial charge in [-0.05, 0) is 50.9 Å². The Morgan fingerprint density at radius 2 is 1.87 bits per heavy atom. The van der Waals surface area contributed by atoms with Crippen LogP contribution in [0.2, 0.25) is 0 Å². The number of hydrogen-bond donors (Lipinski definition) is 2. The molecular formula is C19H31N3O. The van der Waals surface area contributed by atoms with Gasteiger partial charge in [-0.2, -0.15) is 0 Å². The topological polar surface area (TPSA) is 38.7 Å². The molecule has 0 spiro atoms. The molecule has 0 aromatic heterocycles. The summed E-state index contributed by atoms with van der Waals surface area (Å²) < 4.78 is 0. The van der Waals surface area contributed by atoms with Crippen molar-refractivity contribution in [3.8, 4) is 0 Å². The lowest BCUT2D eigenvalue weighted by Gasteiger charge is -2.22. The maximum absolute atomic E-state index is 10.2. The highest BCUT2D eigenvalue weighted by molar-refractivity contribution is 5.14. The van der Waals surface area contributed by atoms with Crippen molar-refractivity contribution in [1.82, 2.24) is 15.1 Å². The first-order valence-electron chi connectivity index (χ1n) is 9.20. The van der Waals surface area contributed by atoms with E-state index in [4.69, 9.17) is 0 Å². The second-order valence-corrected chi connectivity index (χ2v) is 7.09. The number of aliphatic hydroxyl groups excluding tert-OH is 1. The number of nitrogens with one attached hydrogen (secondary N) is 1. The highest BCUT2D eigenvalue weighted by atomic mass is 16.3. The summed E-state index contributed by atoms with van der Waals surface area (Å²) in [6.45, 7) is 7.31. The van der Waals surface area contributed by atoms with E-state index in [0.29, 0.717) is 6.04 Å². The van der Waals surface area contributed by atoms with Gasteiger partial charge in [0.15, 0.2) is 0 Å². The van der Waals surface area contributed by atoms with Gasteiger partial charge in [0.25, 0.3) is 0 Å². The number of hydrogen-bond acceptors (Lipinski definition) is 4. The highest BCUT2D eigenvalue weighted by Gasteiger charge is 2.23. The summed E-state index contributed by atoms with van der Waals surface area (Å²) in [5.74, 6) is 0. The fraction of sp³-hybridized carbons (Fsp3) is 0.684. The normalized spacial score (nSPS) is 24.3. The van der Waals surface area contributed by atoms with Gasteiger partial charge in [-0.1, -0.05) is 30.3 Å². The molecule has 0 aliphatic carbocycles. The van der Waals surface area contributed by atoms with E-state index in [2.05, 4.69) is 45.4 Å². The molecular weight excluding hydrogens is 286 g/mol. The molecule has 2 N–H and O–H groups in total. The predicted octanol–water partition coefficient (Wildman–Crippen LogP) is 1.35. The van der Waals surface area contributed by atoms with Gasteiger partial charge in [0.2, 0.25) is 0 Å². The van der Waals surface area contributed by atoms with E-state index in [1.165, 1.54) is 31.4 Å². The van der Waals surface area contributed by atoms with Crippen LogP contribution in [-0.2, 0) is 6.42 Å². The second kappa shape index (κ2) is 8.78. The van der Waals surface area contributed by atoms with Crippen LogP contribution in [0.15, 0.2) is 30.3 Å². The number of aliphatic hydroxyl groups is 1. The Morgan fingerprint density at radius 1 is 1.09 bits per heavy atom. The fourth-order valence-corrected chi connectivity index (χ4v) is 3.76. The summed E-state index contributed by atoms with van der Waals surface area (Å²) in [5.41, 5.74) is 1.42. The van der Waals surface area contributed by atoms with E-state index >= 15 is 0 Å². The monoisotopic (exact) mass is 317 g/mol. The van der Waals surface area contributed by atoms with Gasteiger partial charge in [-0.25, -0.2) is 0 Å². The van der Waals surface area contributed by atoms with E-state index in [1.54, 1.807) is 0 Å². The third-order valence-corrected chi connectivity index (χ3v) is 5.14. The van der Waals surface area contributed by atoms with Crippen molar-refractivity contribution >= 4 is 0 Å². The molecule has 3 rings (SSSR count). The van der Waals surface area contributed by atoms with Gasteiger partial charge >= 0.3 is 0 Å². The molecule has 2 aliphatic rings. The van der Waals surface area contributed by atoms with Crippen LogP contribution >= 0.6 is 0 Å². The molecule has 128 valence electrons. The minimum atomic E-state index is -0.230. The molecule has 0 saturated carbocycles. The zero-order valence-electron chi connectivity index (χ0n) is 14.2. The molecule has 2 atom stereocenters. The van der Waals surface area contributed by atoms with Crippen molar-refractivity contribution < 1.29 is 5.11 Å². The largest absolute Gasteiger partial charge is 0.390 e. The van der Waals surface area contributed by atoms with Crippen molar-refractivity contribution in [3.63, 3.8) is 0 Å². The van der Waals surface area contributed by atoms with E-state index in [1.807, 2.05) is 0 Å². The van der Waals surface area contributed by atoms with E-state index < -0.39 is 0 Å². The summed E-state index contributed by atoms with van der Waals surface area (Å²) in [7, 11) is 0. The SMILES string of the molecule is OC(CNC1CCN(CCc2ccccc2)C1)CN1CCCC1. The van der Waals surface area contributed by atoms with Gasteiger partial charge in [-0.15, -0.1) is 0 Å². The van der Waals surface area contributed by atoms with E-state index in [9.17, 15) is 5.11 Å². The Labute approximate surface area is 140 Å². The van der Waals surface area contributed by atoms with Crippen LogP contribution in [0.3, 0.4) is 0 Å². The quantitative estimate of drug-likeness (QED) is 0.759. The number of benzene rings is 1. The first-order valence-corrected chi connectivity index (χ1v) is 9.20. The molecule has 0 amide bonds. The van der Waals surface area contributed by atoms with Gasteiger partial charge in [0.1, 0.15) is 0 Å². The van der Waals surface area contributed by atoms with Crippen LogP contribution in [0.1, 0.15) is 24.8 Å². The van der Waals surface area contributed by atoms with E-state index in [0.717, 1.165) is 45.7 Å². The number of β-amino-alcohol motifs (C(OH)–C–C–N with tert-alkyl or cyclic N) is 1. The zero-order chi connectivity index (χ0) is 15.9. The molecule has 4 heteroatoms. The molecule has 2 saturated heterocycles. The van der Waals surface area contributed by atoms with Crippen LogP contribution in [0.25, 0.3) is 0 Å². The molecule has 2 unspecified atom stereocenters. The molecule has 1 aromatic carbocycles. The lowest BCUT2D eigenvalue weighted by molar-refractivity contribution is 0.120. The summed E-state index contributed by atoms with van der Waals surface area (Å²) in [4.78, 5) is 4.92. The van der Waals surface area contributed by atoms with E-state index in [-0.39, 0.29) is 6.10 Å². The Balaban J connectivity index is 1.30. The third-order valence-electron chi connectivity index (χ3n) is 5.14. The van der Waals surface area contributed by atoms with Crippen LogP contribution in [0, 0.1) is 0 Å². The fourth-order valence-electron chi connectivity index (χ4n) is 3.76. The lowest BCUT2D eigenvalue weighted by atomic mass is 10.1. The minimum absolute atomic E-state index is 0.230. The summed E-state index contributed by atoms with van der Waals surface area (Å²) in [6.07, 6.45) is 4.68. The zero-order valence-corrected chi connectivity index (χ0v) is 14.2. The van der Waals surface area contributed by atoms with Crippen LogP contribution < -0.4 is 5.32 Å². The van der Waals surface area contributed by atoms with Crippen LogP contribution in [0.5, 0.6) is 0 Å². The van der Waals surface area contributed by atoms with Crippen molar-refractivity contribution in [2.75, 3.05) is 45.8 Å². The molecule has 2 aliphatic heterocycles. The molecule has 2 heterocycles. The first kappa shape index (κ1) is 16.9. The molecule has 1 aromatic rings. The number of nitrogens with zero attached hydrogens (tertiary/aromatic N) is 2. The van der Waals surface area contributed by atoms with Gasteiger partial charge in [-0.3, -0.25) is 0 Å². The predicted molar refractivity (Wildman–Crippen MR) is 94.7 cm³/mol. The number of rotatable bonds is 8. The Hall–Kier alpha value is -0.940. The number of likely N-dealkylation sites (tertiary alicyclic amines) is 2. The molecule has 2 fully saturated rings. The summed E-state index contributed by atoms with van der Waals surface area (Å²) in [5, 5.41) is 13.7. The summed E-state index contributed by atoms with van der Waals surface area (Å²) >= 11 is 0. The summed E-state index contributed by atoms with van der Waals surface area (Å²) in [6, 6.07) is 11.3. The van der Waals surface area contributed by atoms with Gasteiger partial charge in [0, 0.05) is 32.2 Å². The smallest absolute Gasteiger partial charge is 0.0791 e. The van der Waals surface area contributed by atoms with Gasteiger partial charge < -0.3 is 20.2 Å². The Kier molecular flexibility index (Phi) is 6.46. The average Bonchev–Trinajstić information content (AvgIpc) is 3.24. The van der Waals surface area contributed by atoms with Crippen LogP contribution in [-0.4, -0.2) is 72.9 Å². The second-order valence-electron chi connectivity index (χ2n) is 7.09. The maximum atomic E-state index is 10.2. The standard InChI is InChI=1S/C19H31N3O/c23-19(16-21-10-4-5-11-21)14-20-18-9-13-22(15-18)12-8-17-6-2-1-3-7-17/h1-3,6-7,18-20,23H,4-5,8-16H2. The Bertz CT molecular complexity index is 447. The lowest BCUT2D eigenvalue weighted by Crippen LogP contribution is -2.42. The average molecular weight is 317 g/mol. The highest BCUT2D eigenvalue weighted by Crippen LogP contribution is 2.11. The molecule has 0 bridgehead atoms. The Morgan fingerprint density at radius 3 is 2.65 bits per heavy atom. The molecule has 4 nitrogen and oxygen atoms in total. The molecule has 23 heavy (non-hydrogen) atoms. The molecule has 0 radical (unpaired) electrons. The van der Waals surface area contributed by atoms with Crippen molar-refractivity contribution in [2.24, 2.45) is 0 Å². The maximum Gasteiger partial charge on any atom is 0.0791 e. The third kappa shape index (κ3) is 5.57. The van der Waals surface area contributed by atoms with Crippen molar-refractivity contribution in [1.29, 1.82) is 0 Å². The first-order chi connectivity index (χ1) is 11.3.